The van der Waals surface area contributed by atoms with E-state index in [4.69, 9.17) is 5.11 Å². The number of carbonyl (C=O) groups is 3. The van der Waals surface area contributed by atoms with E-state index in [1.807, 2.05) is 0 Å². The fraction of sp³-hybridized carbons (Fsp3) is 0.118. The summed E-state index contributed by atoms with van der Waals surface area (Å²) in [5.41, 5.74) is 0.168. The molecule has 0 unspecified atom stereocenters. The Balaban J connectivity index is 1.94. The minimum absolute atomic E-state index is 0.0681. The molecule has 0 radical (unpaired) electrons. The van der Waals surface area contributed by atoms with E-state index in [-0.39, 0.29) is 29.9 Å². The van der Waals surface area contributed by atoms with Crippen molar-refractivity contribution in [1.82, 2.24) is 0 Å². The van der Waals surface area contributed by atoms with E-state index >= 15 is 0 Å². The lowest BCUT2D eigenvalue weighted by Gasteiger charge is -2.07. The highest BCUT2D eigenvalue weighted by Gasteiger charge is 2.13. The number of aromatic carboxylic acids is 1. The van der Waals surface area contributed by atoms with E-state index in [0.29, 0.717) is 5.56 Å². The maximum Gasteiger partial charge on any atom is 0.339 e. The standard InChI is InChI=1S/C17H14FNO5/c18-11-3-1-10(2-4-11)14(20)7-8-16(22)19-12-5-6-15(21)13(9-12)17(23)24/h1-6,9,21H,7-8H2,(H,19,22)(H,23,24). The maximum absolute atomic E-state index is 12.8. The Morgan fingerprint density at radius 1 is 1.00 bits per heavy atom. The number of nitrogens with one attached hydrogen (secondary N) is 1. The van der Waals surface area contributed by atoms with Crippen LogP contribution in [-0.4, -0.2) is 27.9 Å². The number of anilines is 1. The van der Waals surface area contributed by atoms with Gasteiger partial charge in [0.1, 0.15) is 17.1 Å². The quantitative estimate of drug-likeness (QED) is 0.558. The first-order chi connectivity index (χ1) is 11.4. The minimum atomic E-state index is -1.32. The number of benzene rings is 2. The number of hydrogen-bond donors (Lipinski definition) is 3. The molecule has 0 bridgehead atoms. The van der Waals surface area contributed by atoms with Crippen LogP contribution in [0.1, 0.15) is 33.6 Å². The number of aromatic hydroxyl groups is 1. The second-order valence-electron chi connectivity index (χ2n) is 5.02. The van der Waals surface area contributed by atoms with Crippen LogP contribution in [0.5, 0.6) is 5.75 Å². The Hall–Kier alpha value is -3.22. The molecule has 0 aromatic heterocycles. The molecule has 3 N–H and O–H groups in total. The molecule has 124 valence electrons. The maximum atomic E-state index is 12.8. The summed E-state index contributed by atoms with van der Waals surface area (Å²) in [6.07, 6.45) is -0.180. The van der Waals surface area contributed by atoms with Crippen LogP contribution < -0.4 is 5.32 Å². The normalized spacial score (nSPS) is 10.2. The molecule has 2 aromatic rings. The van der Waals surface area contributed by atoms with E-state index in [2.05, 4.69) is 5.32 Å². The first-order valence-electron chi connectivity index (χ1n) is 7.02. The van der Waals surface area contributed by atoms with Gasteiger partial charge in [0.15, 0.2) is 5.78 Å². The highest BCUT2D eigenvalue weighted by molar-refractivity contribution is 6.00. The Morgan fingerprint density at radius 2 is 1.67 bits per heavy atom. The largest absolute Gasteiger partial charge is 0.507 e. The number of phenols is 1. The third-order valence-electron chi connectivity index (χ3n) is 3.26. The fourth-order valence-corrected chi connectivity index (χ4v) is 2.02. The number of rotatable bonds is 6. The number of hydrogen-bond acceptors (Lipinski definition) is 4. The van der Waals surface area contributed by atoms with E-state index < -0.39 is 23.4 Å². The predicted octanol–water partition coefficient (Wildman–Crippen LogP) is 2.83. The molecule has 6 nitrogen and oxygen atoms in total. The summed E-state index contributed by atoms with van der Waals surface area (Å²) in [6, 6.07) is 8.64. The lowest BCUT2D eigenvalue weighted by molar-refractivity contribution is -0.116. The summed E-state index contributed by atoms with van der Waals surface area (Å²) in [5, 5.41) is 20.8. The van der Waals surface area contributed by atoms with Gasteiger partial charge < -0.3 is 15.5 Å². The number of halogens is 1. The van der Waals surface area contributed by atoms with Crippen molar-refractivity contribution >= 4 is 23.3 Å². The second-order valence-corrected chi connectivity index (χ2v) is 5.02. The van der Waals surface area contributed by atoms with Crippen LogP contribution >= 0.6 is 0 Å². The van der Waals surface area contributed by atoms with Crippen LogP contribution in [0.25, 0.3) is 0 Å². The second kappa shape index (κ2) is 7.36. The van der Waals surface area contributed by atoms with Crippen LogP contribution in [-0.2, 0) is 4.79 Å². The monoisotopic (exact) mass is 331 g/mol. The van der Waals surface area contributed by atoms with Crippen LogP contribution in [0.15, 0.2) is 42.5 Å². The van der Waals surface area contributed by atoms with Crippen LogP contribution in [0.3, 0.4) is 0 Å². The SMILES string of the molecule is O=C(CCC(=O)c1ccc(F)cc1)Nc1ccc(O)c(C(=O)O)c1. The van der Waals surface area contributed by atoms with Gasteiger partial charge in [-0.15, -0.1) is 0 Å². The molecule has 0 spiro atoms. The topological polar surface area (TPSA) is 104 Å². The zero-order valence-electron chi connectivity index (χ0n) is 12.5. The van der Waals surface area contributed by atoms with Gasteiger partial charge in [-0.1, -0.05) is 0 Å². The molecule has 2 rings (SSSR count). The lowest BCUT2D eigenvalue weighted by Crippen LogP contribution is -2.14. The molecule has 0 aliphatic rings. The van der Waals surface area contributed by atoms with Crippen molar-refractivity contribution in [3.63, 3.8) is 0 Å². The first kappa shape index (κ1) is 17.1. The predicted molar refractivity (Wildman–Crippen MR) is 83.7 cm³/mol. The van der Waals surface area contributed by atoms with Gasteiger partial charge in [0.25, 0.3) is 0 Å². The van der Waals surface area contributed by atoms with Gasteiger partial charge in [0, 0.05) is 24.1 Å². The molecule has 7 heteroatoms. The van der Waals surface area contributed by atoms with Crippen molar-refractivity contribution in [2.75, 3.05) is 5.32 Å². The van der Waals surface area contributed by atoms with Crippen molar-refractivity contribution < 1.29 is 29.0 Å². The van der Waals surface area contributed by atoms with Crippen molar-refractivity contribution in [2.45, 2.75) is 12.8 Å². The van der Waals surface area contributed by atoms with Crippen molar-refractivity contribution in [3.05, 3.63) is 59.4 Å². The van der Waals surface area contributed by atoms with Gasteiger partial charge in [0.05, 0.1) is 0 Å². The Labute approximate surface area is 136 Å². The molecule has 0 saturated carbocycles. The summed E-state index contributed by atoms with van der Waals surface area (Å²) in [5.74, 6) is -2.97. The number of carboxylic acid groups (broad SMARTS) is 1. The fourth-order valence-electron chi connectivity index (χ4n) is 2.02. The summed E-state index contributed by atoms with van der Waals surface area (Å²) in [6.45, 7) is 0. The summed E-state index contributed by atoms with van der Waals surface area (Å²) in [7, 11) is 0. The molecule has 0 heterocycles. The van der Waals surface area contributed by atoms with E-state index in [1.54, 1.807) is 0 Å². The molecule has 2 aromatic carbocycles. The van der Waals surface area contributed by atoms with Crippen LogP contribution in [0.2, 0.25) is 0 Å². The molecule has 24 heavy (non-hydrogen) atoms. The molecule has 0 aliphatic carbocycles. The smallest absolute Gasteiger partial charge is 0.339 e. The van der Waals surface area contributed by atoms with Crippen molar-refractivity contribution in [1.29, 1.82) is 0 Å². The number of carbonyl (C=O) groups excluding carboxylic acids is 2. The highest BCUT2D eigenvalue weighted by Crippen LogP contribution is 2.21. The first-order valence-corrected chi connectivity index (χ1v) is 7.02. The summed E-state index contributed by atoms with van der Waals surface area (Å²) in [4.78, 5) is 34.6. The van der Waals surface area contributed by atoms with E-state index in [9.17, 15) is 23.9 Å². The average molecular weight is 331 g/mol. The number of Topliss-reactive ketones (excluding diaryl/α,β-unsaturated/α-hetero) is 1. The van der Waals surface area contributed by atoms with Gasteiger partial charge >= 0.3 is 5.97 Å². The zero-order valence-corrected chi connectivity index (χ0v) is 12.5. The molecule has 0 aliphatic heterocycles. The number of carboxylic acids is 1. The van der Waals surface area contributed by atoms with Crippen molar-refractivity contribution in [2.24, 2.45) is 0 Å². The van der Waals surface area contributed by atoms with Gasteiger partial charge in [-0.3, -0.25) is 9.59 Å². The Kier molecular flexibility index (Phi) is 5.26. The highest BCUT2D eigenvalue weighted by atomic mass is 19.1. The van der Waals surface area contributed by atoms with Crippen molar-refractivity contribution in [3.8, 4) is 5.75 Å². The van der Waals surface area contributed by atoms with Crippen LogP contribution in [0.4, 0.5) is 10.1 Å². The molecule has 0 saturated heterocycles. The lowest BCUT2D eigenvalue weighted by atomic mass is 10.1. The third-order valence-corrected chi connectivity index (χ3v) is 3.26. The van der Waals surface area contributed by atoms with Gasteiger partial charge in [-0.25, -0.2) is 9.18 Å². The molecule has 0 atom stereocenters. The van der Waals surface area contributed by atoms with E-state index in [0.717, 1.165) is 24.3 Å². The van der Waals surface area contributed by atoms with Crippen LogP contribution in [0, 0.1) is 5.82 Å². The van der Waals surface area contributed by atoms with Gasteiger partial charge in [-0.05, 0) is 42.5 Å². The van der Waals surface area contributed by atoms with E-state index in [1.165, 1.54) is 18.2 Å². The third kappa shape index (κ3) is 4.39. The number of amides is 1. The average Bonchev–Trinajstić information content (AvgIpc) is 2.55. The Morgan fingerprint density at radius 3 is 2.29 bits per heavy atom. The zero-order chi connectivity index (χ0) is 17.7. The molecular formula is C17H14FNO5. The minimum Gasteiger partial charge on any atom is -0.507 e. The van der Waals surface area contributed by atoms with Gasteiger partial charge in [0.2, 0.25) is 5.91 Å². The van der Waals surface area contributed by atoms with Gasteiger partial charge in [-0.2, -0.15) is 0 Å². The summed E-state index contributed by atoms with van der Waals surface area (Å²) >= 11 is 0. The Bertz CT molecular complexity index is 786. The molecular weight excluding hydrogens is 317 g/mol. The number of ketones is 1. The molecule has 0 fully saturated rings. The summed E-state index contributed by atoms with van der Waals surface area (Å²) < 4.78 is 12.8. The molecule has 1 amide bonds.